The zero-order valence-corrected chi connectivity index (χ0v) is 13.1. The fourth-order valence-corrected chi connectivity index (χ4v) is 2.21. The van der Waals surface area contributed by atoms with E-state index in [0.29, 0.717) is 6.42 Å². The first kappa shape index (κ1) is 16.0. The smallest absolute Gasteiger partial charge is 0.408 e. The summed E-state index contributed by atoms with van der Waals surface area (Å²) in [5, 5.41) is 4.85. The number of alkyl carbamates (subject to hydrolysis) is 1. The molecule has 1 atom stereocenters. The highest BCUT2D eigenvalue weighted by atomic mass is 16.6. The van der Waals surface area contributed by atoms with E-state index < -0.39 is 17.7 Å². The molecule has 1 N–H and O–H groups in total. The summed E-state index contributed by atoms with van der Waals surface area (Å²) >= 11 is 0. The normalized spacial score (nSPS) is 12.7. The third-order valence-electron chi connectivity index (χ3n) is 3.14. The van der Waals surface area contributed by atoms with Crippen molar-refractivity contribution in [1.29, 1.82) is 0 Å². The van der Waals surface area contributed by atoms with Crippen molar-refractivity contribution in [3.05, 3.63) is 48.0 Å². The van der Waals surface area contributed by atoms with Gasteiger partial charge in [-0.15, -0.1) is 0 Å². The van der Waals surface area contributed by atoms with Gasteiger partial charge in [0.05, 0.1) is 6.04 Å². The number of carbonyl (C=O) groups is 2. The fourth-order valence-electron chi connectivity index (χ4n) is 2.21. The summed E-state index contributed by atoms with van der Waals surface area (Å²) in [6.45, 7) is 5.35. The molecule has 0 aliphatic rings. The SMILES string of the molecule is CC(C)(C)OC(=O)NC(C=O)Cc1ccc2ccccc2c1. The first-order valence-corrected chi connectivity index (χ1v) is 7.30. The summed E-state index contributed by atoms with van der Waals surface area (Å²) in [5.74, 6) is 0. The molecular weight excluding hydrogens is 278 g/mol. The summed E-state index contributed by atoms with van der Waals surface area (Å²) in [5.41, 5.74) is 0.410. The van der Waals surface area contributed by atoms with E-state index >= 15 is 0 Å². The van der Waals surface area contributed by atoms with Crippen LogP contribution in [0.1, 0.15) is 26.3 Å². The average Bonchev–Trinajstić information content (AvgIpc) is 2.44. The van der Waals surface area contributed by atoms with Gasteiger partial charge in [-0.05, 0) is 43.5 Å². The second-order valence-electron chi connectivity index (χ2n) is 6.27. The van der Waals surface area contributed by atoms with Crippen molar-refractivity contribution in [2.45, 2.75) is 38.8 Å². The van der Waals surface area contributed by atoms with Gasteiger partial charge in [0, 0.05) is 0 Å². The lowest BCUT2D eigenvalue weighted by Crippen LogP contribution is -2.41. The van der Waals surface area contributed by atoms with Crippen LogP contribution in [0.25, 0.3) is 10.8 Å². The van der Waals surface area contributed by atoms with Crippen molar-refractivity contribution in [2.75, 3.05) is 0 Å². The highest BCUT2D eigenvalue weighted by molar-refractivity contribution is 5.83. The number of aldehydes is 1. The third kappa shape index (κ3) is 4.58. The Morgan fingerprint density at radius 1 is 1.18 bits per heavy atom. The predicted molar refractivity (Wildman–Crippen MR) is 86.9 cm³/mol. The lowest BCUT2D eigenvalue weighted by Gasteiger charge is -2.21. The van der Waals surface area contributed by atoms with Gasteiger partial charge in [0.1, 0.15) is 11.9 Å². The van der Waals surface area contributed by atoms with Crippen molar-refractivity contribution in [3.63, 3.8) is 0 Å². The van der Waals surface area contributed by atoms with E-state index in [1.165, 1.54) is 0 Å². The molecule has 2 aromatic carbocycles. The number of hydrogen-bond acceptors (Lipinski definition) is 3. The Morgan fingerprint density at radius 3 is 2.50 bits per heavy atom. The number of carbonyl (C=O) groups excluding carboxylic acids is 2. The van der Waals surface area contributed by atoms with Crippen LogP contribution in [0.5, 0.6) is 0 Å². The number of ether oxygens (including phenoxy) is 1. The van der Waals surface area contributed by atoms with Gasteiger partial charge in [-0.1, -0.05) is 42.5 Å². The molecule has 1 unspecified atom stereocenters. The van der Waals surface area contributed by atoms with E-state index in [-0.39, 0.29) is 0 Å². The summed E-state index contributed by atoms with van der Waals surface area (Å²) in [6, 6.07) is 13.4. The molecule has 0 bridgehead atoms. The molecule has 0 heterocycles. The molecular formula is C18H21NO3. The maximum Gasteiger partial charge on any atom is 0.408 e. The number of benzene rings is 2. The minimum atomic E-state index is -0.601. The molecule has 4 nitrogen and oxygen atoms in total. The number of rotatable bonds is 4. The summed E-state index contributed by atoms with van der Waals surface area (Å²) in [7, 11) is 0. The van der Waals surface area contributed by atoms with Crippen molar-refractivity contribution in [2.24, 2.45) is 0 Å². The van der Waals surface area contributed by atoms with E-state index in [1.807, 2.05) is 42.5 Å². The lowest BCUT2D eigenvalue weighted by molar-refractivity contribution is -0.109. The minimum Gasteiger partial charge on any atom is -0.444 e. The molecule has 2 aromatic rings. The second-order valence-corrected chi connectivity index (χ2v) is 6.27. The van der Waals surface area contributed by atoms with Crippen LogP contribution in [0, 0.1) is 0 Å². The maximum atomic E-state index is 11.7. The standard InChI is InChI=1S/C18H21NO3/c1-18(2,3)22-17(21)19-16(12-20)11-13-8-9-14-6-4-5-7-15(14)10-13/h4-10,12,16H,11H2,1-3H3,(H,19,21). The Bertz CT molecular complexity index is 673. The first-order chi connectivity index (χ1) is 10.4. The Labute approximate surface area is 130 Å². The molecule has 0 radical (unpaired) electrons. The number of hydrogen-bond donors (Lipinski definition) is 1. The molecule has 22 heavy (non-hydrogen) atoms. The largest absolute Gasteiger partial charge is 0.444 e. The Morgan fingerprint density at radius 2 is 1.86 bits per heavy atom. The second kappa shape index (κ2) is 6.60. The van der Waals surface area contributed by atoms with Gasteiger partial charge in [0.2, 0.25) is 0 Å². The minimum absolute atomic E-state index is 0.438. The molecule has 0 saturated carbocycles. The zero-order chi connectivity index (χ0) is 16.2. The number of fused-ring (bicyclic) bond motifs is 1. The van der Waals surface area contributed by atoms with Crippen LogP contribution in [0.3, 0.4) is 0 Å². The molecule has 116 valence electrons. The molecule has 0 saturated heterocycles. The average molecular weight is 299 g/mol. The van der Waals surface area contributed by atoms with E-state index in [4.69, 9.17) is 4.74 Å². The fraction of sp³-hybridized carbons (Fsp3) is 0.333. The Kier molecular flexibility index (Phi) is 4.81. The molecule has 0 fully saturated rings. The Balaban J connectivity index is 2.05. The molecule has 1 amide bonds. The van der Waals surface area contributed by atoms with Crippen LogP contribution in [-0.4, -0.2) is 24.0 Å². The molecule has 0 aliphatic carbocycles. The number of nitrogens with one attached hydrogen (secondary N) is 1. The van der Waals surface area contributed by atoms with Gasteiger partial charge < -0.3 is 14.8 Å². The van der Waals surface area contributed by atoms with Crippen LogP contribution in [0.2, 0.25) is 0 Å². The zero-order valence-electron chi connectivity index (χ0n) is 13.1. The van der Waals surface area contributed by atoms with Crippen LogP contribution >= 0.6 is 0 Å². The third-order valence-corrected chi connectivity index (χ3v) is 3.14. The van der Waals surface area contributed by atoms with Crippen molar-refractivity contribution in [3.8, 4) is 0 Å². The van der Waals surface area contributed by atoms with Gasteiger partial charge >= 0.3 is 6.09 Å². The van der Waals surface area contributed by atoms with E-state index in [9.17, 15) is 9.59 Å². The number of amides is 1. The topological polar surface area (TPSA) is 55.4 Å². The van der Waals surface area contributed by atoms with Crippen molar-refractivity contribution < 1.29 is 14.3 Å². The molecule has 2 rings (SSSR count). The van der Waals surface area contributed by atoms with Crippen molar-refractivity contribution >= 4 is 23.2 Å². The van der Waals surface area contributed by atoms with Gasteiger partial charge in [-0.3, -0.25) is 0 Å². The van der Waals surface area contributed by atoms with Gasteiger partial charge in [0.15, 0.2) is 0 Å². The van der Waals surface area contributed by atoms with E-state index in [0.717, 1.165) is 22.6 Å². The van der Waals surface area contributed by atoms with Crippen LogP contribution in [-0.2, 0) is 16.0 Å². The molecule has 0 spiro atoms. The highest BCUT2D eigenvalue weighted by Crippen LogP contribution is 2.16. The maximum absolute atomic E-state index is 11.7. The van der Waals surface area contributed by atoms with Gasteiger partial charge in [-0.25, -0.2) is 4.79 Å². The van der Waals surface area contributed by atoms with Gasteiger partial charge in [-0.2, -0.15) is 0 Å². The van der Waals surface area contributed by atoms with Crippen LogP contribution in [0.4, 0.5) is 4.79 Å². The lowest BCUT2D eigenvalue weighted by atomic mass is 10.0. The van der Waals surface area contributed by atoms with Crippen LogP contribution < -0.4 is 5.32 Å². The summed E-state index contributed by atoms with van der Waals surface area (Å²) in [4.78, 5) is 22.9. The van der Waals surface area contributed by atoms with Gasteiger partial charge in [0.25, 0.3) is 0 Å². The Hall–Kier alpha value is -2.36. The molecule has 0 aromatic heterocycles. The first-order valence-electron chi connectivity index (χ1n) is 7.30. The predicted octanol–water partition coefficient (Wildman–Crippen LogP) is 3.47. The molecule has 0 aliphatic heterocycles. The van der Waals surface area contributed by atoms with Crippen LogP contribution in [0.15, 0.2) is 42.5 Å². The highest BCUT2D eigenvalue weighted by Gasteiger charge is 2.19. The summed E-state index contributed by atoms with van der Waals surface area (Å²) < 4.78 is 5.17. The van der Waals surface area contributed by atoms with Crippen molar-refractivity contribution in [1.82, 2.24) is 5.32 Å². The van der Waals surface area contributed by atoms with E-state index in [1.54, 1.807) is 20.8 Å². The molecule has 4 heteroatoms. The summed E-state index contributed by atoms with van der Waals surface area (Å²) in [6.07, 6.45) is 0.595. The monoisotopic (exact) mass is 299 g/mol. The van der Waals surface area contributed by atoms with E-state index in [2.05, 4.69) is 5.32 Å². The quantitative estimate of drug-likeness (QED) is 0.879.